The molecular formula is C14H11ClN2O2. The summed E-state index contributed by atoms with van der Waals surface area (Å²) in [4.78, 5) is 16.5. The number of aliphatic hydroxyl groups is 1. The van der Waals surface area contributed by atoms with Crippen LogP contribution in [0.2, 0.25) is 5.02 Å². The summed E-state index contributed by atoms with van der Waals surface area (Å²) in [5.74, 6) is 0. The van der Waals surface area contributed by atoms with E-state index >= 15 is 0 Å². The highest BCUT2D eigenvalue weighted by atomic mass is 35.5. The van der Waals surface area contributed by atoms with Gasteiger partial charge in [-0.05, 0) is 23.8 Å². The molecule has 0 aliphatic carbocycles. The van der Waals surface area contributed by atoms with Gasteiger partial charge in [-0.25, -0.2) is 4.79 Å². The normalized spacial score (nSPS) is 12.7. The highest BCUT2D eigenvalue weighted by Crippen LogP contribution is 2.28. The van der Waals surface area contributed by atoms with Crippen LogP contribution in [0, 0.1) is 0 Å². The minimum absolute atomic E-state index is 0.264. The van der Waals surface area contributed by atoms with Crippen molar-refractivity contribution in [1.29, 1.82) is 0 Å². The number of aliphatic hydroxyl groups excluding tert-OH is 1. The number of imidazole rings is 1. The van der Waals surface area contributed by atoms with E-state index in [9.17, 15) is 9.90 Å². The second-order valence-corrected chi connectivity index (χ2v) is 4.72. The quantitative estimate of drug-likeness (QED) is 0.672. The van der Waals surface area contributed by atoms with Gasteiger partial charge in [-0.15, -0.1) is 0 Å². The zero-order chi connectivity index (χ0) is 13.4. The van der Waals surface area contributed by atoms with E-state index in [1.54, 1.807) is 30.3 Å². The third kappa shape index (κ3) is 2.16. The summed E-state index contributed by atoms with van der Waals surface area (Å²) >= 11 is 6.07. The maximum absolute atomic E-state index is 11.2. The molecule has 0 aliphatic rings. The smallest absolute Gasteiger partial charge is 0.323 e. The summed E-state index contributed by atoms with van der Waals surface area (Å²) in [6.45, 7) is 0. The lowest BCUT2D eigenvalue weighted by molar-refractivity contribution is 0.220. The highest BCUT2D eigenvalue weighted by Gasteiger charge is 2.14. The molecule has 0 bridgehead atoms. The van der Waals surface area contributed by atoms with E-state index in [1.165, 1.54) is 0 Å². The Labute approximate surface area is 113 Å². The minimum Gasteiger partial charge on any atom is -0.384 e. The first-order valence-corrected chi connectivity index (χ1v) is 6.17. The maximum Gasteiger partial charge on any atom is 0.323 e. The topological polar surface area (TPSA) is 68.9 Å². The van der Waals surface area contributed by atoms with Crippen molar-refractivity contribution in [3.05, 3.63) is 69.1 Å². The van der Waals surface area contributed by atoms with E-state index in [1.807, 2.05) is 12.1 Å². The van der Waals surface area contributed by atoms with Crippen LogP contribution in [0.5, 0.6) is 0 Å². The third-order valence-electron chi connectivity index (χ3n) is 3.06. The first-order valence-electron chi connectivity index (χ1n) is 5.79. The van der Waals surface area contributed by atoms with Crippen molar-refractivity contribution in [3.63, 3.8) is 0 Å². The van der Waals surface area contributed by atoms with Crippen molar-refractivity contribution in [2.45, 2.75) is 6.10 Å². The molecule has 3 aromatic rings. The predicted octanol–water partition coefficient (Wildman–Crippen LogP) is 2.59. The molecule has 96 valence electrons. The van der Waals surface area contributed by atoms with E-state index in [0.29, 0.717) is 27.2 Å². The molecule has 0 radical (unpaired) electrons. The van der Waals surface area contributed by atoms with Crippen molar-refractivity contribution in [2.24, 2.45) is 0 Å². The molecule has 5 heteroatoms. The molecule has 0 aliphatic heterocycles. The lowest BCUT2D eigenvalue weighted by Gasteiger charge is -2.13. The van der Waals surface area contributed by atoms with Gasteiger partial charge in [0.05, 0.1) is 11.0 Å². The van der Waals surface area contributed by atoms with Crippen molar-refractivity contribution < 1.29 is 5.11 Å². The monoisotopic (exact) mass is 274 g/mol. The third-order valence-corrected chi connectivity index (χ3v) is 3.40. The molecule has 2 aromatic carbocycles. The van der Waals surface area contributed by atoms with Gasteiger partial charge in [-0.1, -0.05) is 35.9 Å². The lowest BCUT2D eigenvalue weighted by atomic mass is 10.0. The molecule has 0 spiro atoms. The van der Waals surface area contributed by atoms with Gasteiger partial charge in [0.25, 0.3) is 0 Å². The van der Waals surface area contributed by atoms with Crippen LogP contribution in [-0.2, 0) is 0 Å². The van der Waals surface area contributed by atoms with Crippen LogP contribution >= 0.6 is 11.6 Å². The molecule has 1 heterocycles. The first-order chi connectivity index (χ1) is 9.15. The van der Waals surface area contributed by atoms with Crippen molar-refractivity contribution in [3.8, 4) is 0 Å². The number of hydrogen-bond donors (Lipinski definition) is 3. The molecule has 0 amide bonds. The molecule has 1 aromatic heterocycles. The number of aromatic nitrogens is 2. The summed E-state index contributed by atoms with van der Waals surface area (Å²) < 4.78 is 0. The molecule has 1 atom stereocenters. The van der Waals surface area contributed by atoms with Crippen LogP contribution in [0.1, 0.15) is 17.2 Å². The molecular weight excluding hydrogens is 264 g/mol. The largest absolute Gasteiger partial charge is 0.384 e. The van der Waals surface area contributed by atoms with Gasteiger partial charge >= 0.3 is 5.69 Å². The number of rotatable bonds is 2. The Morgan fingerprint density at radius 3 is 2.58 bits per heavy atom. The highest BCUT2D eigenvalue weighted by molar-refractivity contribution is 6.31. The van der Waals surface area contributed by atoms with Gasteiger partial charge in [-0.2, -0.15) is 0 Å². The number of hydrogen-bond acceptors (Lipinski definition) is 2. The van der Waals surface area contributed by atoms with Gasteiger partial charge < -0.3 is 15.1 Å². The van der Waals surface area contributed by atoms with Gasteiger partial charge in [0, 0.05) is 10.6 Å². The molecule has 0 saturated heterocycles. The molecule has 1 unspecified atom stereocenters. The fraction of sp³-hybridized carbons (Fsp3) is 0.0714. The lowest BCUT2D eigenvalue weighted by Crippen LogP contribution is -2.00. The zero-order valence-electron chi connectivity index (χ0n) is 9.85. The van der Waals surface area contributed by atoms with E-state index in [2.05, 4.69) is 9.97 Å². The maximum atomic E-state index is 11.2. The number of nitrogens with one attached hydrogen (secondary N) is 2. The number of fused-ring (bicyclic) bond motifs is 1. The van der Waals surface area contributed by atoms with E-state index in [-0.39, 0.29) is 5.69 Å². The fourth-order valence-corrected chi connectivity index (χ4v) is 2.34. The second-order valence-electron chi connectivity index (χ2n) is 4.31. The van der Waals surface area contributed by atoms with Gasteiger partial charge in [-0.3, -0.25) is 0 Å². The summed E-state index contributed by atoms with van der Waals surface area (Å²) in [5, 5.41) is 10.9. The first kappa shape index (κ1) is 12.0. The van der Waals surface area contributed by atoms with Gasteiger partial charge in [0.1, 0.15) is 6.10 Å². The van der Waals surface area contributed by atoms with Crippen LogP contribution in [0.15, 0.2) is 47.3 Å². The number of benzene rings is 2. The Balaban J connectivity index is 2.08. The van der Waals surface area contributed by atoms with Gasteiger partial charge in [0.15, 0.2) is 0 Å². The van der Waals surface area contributed by atoms with Crippen molar-refractivity contribution in [1.82, 2.24) is 9.97 Å². The predicted molar refractivity (Wildman–Crippen MR) is 74.4 cm³/mol. The van der Waals surface area contributed by atoms with Crippen molar-refractivity contribution in [2.75, 3.05) is 0 Å². The summed E-state index contributed by atoms with van der Waals surface area (Å²) in [7, 11) is 0. The molecule has 4 nitrogen and oxygen atoms in total. The van der Waals surface area contributed by atoms with Crippen LogP contribution in [0.3, 0.4) is 0 Å². The number of H-pyrrole nitrogens is 2. The molecule has 19 heavy (non-hydrogen) atoms. The average Bonchev–Trinajstić information content (AvgIpc) is 2.77. The minimum atomic E-state index is -0.823. The van der Waals surface area contributed by atoms with Gasteiger partial charge in [0.2, 0.25) is 0 Å². The fourth-order valence-electron chi connectivity index (χ4n) is 2.10. The molecule has 3 rings (SSSR count). The van der Waals surface area contributed by atoms with E-state index in [4.69, 9.17) is 11.6 Å². The number of aromatic amines is 2. The van der Waals surface area contributed by atoms with Crippen LogP contribution in [0.4, 0.5) is 0 Å². The molecule has 0 saturated carbocycles. The van der Waals surface area contributed by atoms with Crippen LogP contribution in [-0.4, -0.2) is 15.1 Å². The Bertz CT molecular complexity index is 791. The van der Waals surface area contributed by atoms with Crippen molar-refractivity contribution >= 4 is 22.6 Å². The second kappa shape index (κ2) is 4.57. The Morgan fingerprint density at radius 2 is 1.79 bits per heavy atom. The van der Waals surface area contributed by atoms with Crippen LogP contribution in [0.25, 0.3) is 11.0 Å². The average molecular weight is 275 g/mol. The Morgan fingerprint density at radius 1 is 1.05 bits per heavy atom. The molecule has 3 N–H and O–H groups in total. The van der Waals surface area contributed by atoms with E-state index < -0.39 is 6.10 Å². The van der Waals surface area contributed by atoms with E-state index in [0.717, 1.165) is 0 Å². The summed E-state index contributed by atoms with van der Waals surface area (Å²) in [5.41, 5.74) is 2.42. The standard InChI is InChI=1S/C14H11ClN2O2/c15-10-4-2-1-3-9(10)13(18)8-5-6-11-12(7-8)17-14(19)16-11/h1-7,13,18H,(H2,16,17,19). The van der Waals surface area contributed by atoms with Crippen LogP contribution < -0.4 is 5.69 Å². The summed E-state index contributed by atoms with van der Waals surface area (Å²) in [6.07, 6.45) is -0.823. The Hall–Kier alpha value is -2.04. The Kier molecular flexibility index (Phi) is 2.89. The zero-order valence-corrected chi connectivity index (χ0v) is 10.6. The summed E-state index contributed by atoms with van der Waals surface area (Å²) in [6, 6.07) is 12.4. The SMILES string of the molecule is O=c1[nH]c2ccc(C(O)c3ccccc3Cl)cc2[nH]1. The number of halogens is 1. The molecule has 0 fully saturated rings.